The Balaban J connectivity index is 1.77. The van der Waals surface area contributed by atoms with Gasteiger partial charge in [0.25, 0.3) is 0 Å². The highest BCUT2D eigenvalue weighted by Crippen LogP contribution is 2.35. The molecule has 0 atom stereocenters. The largest absolute Gasteiger partial charge is 0.396 e. The van der Waals surface area contributed by atoms with Crippen LogP contribution in [-0.4, -0.2) is 33.3 Å². The molecule has 4 N–H and O–H groups in total. The van der Waals surface area contributed by atoms with Crippen LogP contribution in [0.1, 0.15) is 12.0 Å². The Morgan fingerprint density at radius 1 is 1.28 bits per heavy atom. The molecule has 0 amide bonds. The molecule has 0 radical (unpaired) electrons. The van der Waals surface area contributed by atoms with Crippen molar-refractivity contribution < 1.29 is 5.11 Å². The number of aliphatic hydroxyl groups excluding tert-OH is 1. The van der Waals surface area contributed by atoms with Crippen LogP contribution in [0.15, 0.2) is 36.7 Å². The molecule has 3 aromatic rings. The second kappa shape index (κ2) is 8.19. The number of nitrogens with one attached hydrogen (secondary N) is 3. The number of aliphatic hydroxyl groups is 1. The van der Waals surface area contributed by atoms with E-state index in [0.29, 0.717) is 23.9 Å². The van der Waals surface area contributed by atoms with Gasteiger partial charge in [0.15, 0.2) is 10.9 Å². The van der Waals surface area contributed by atoms with Crippen molar-refractivity contribution in [3.05, 3.63) is 42.2 Å². The lowest BCUT2D eigenvalue weighted by molar-refractivity contribution is 0.289. The van der Waals surface area contributed by atoms with Crippen LogP contribution in [0.2, 0.25) is 0 Å². The Labute approximate surface area is 155 Å². The van der Waals surface area contributed by atoms with Crippen molar-refractivity contribution in [1.82, 2.24) is 20.7 Å². The summed E-state index contributed by atoms with van der Waals surface area (Å²) in [6, 6.07) is 10.5. The molecule has 8 heteroatoms. The van der Waals surface area contributed by atoms with E-state index in [-0.39, 0.29) is 6.61 Å². The van der Waals surface area contributed by atoms with Crippen molar-refractivity contribution in [2.24, 2.45) is 0 Å². The zero-order chi connectivity index (χ0) is 17.6. The number of thiocarbonyl (C=S) groups is 1. The van der Waals surface area contributed by atoms with E-state index in [2.05, 4.69) is 63.4 Å². The topological polar surface area (TPSA) is 82.1 Å². The maximum absolute atomic E-state index is 8.78. The molecular weight excluding hydrogens is 354 g/mol. The van der Waals surface area contributed by atoms with Crippen molar-refractivity contribution in [3.8, 4) is 10.4 Å². The SMILES string of the molecule is Cc1cccc(-c2cc3ncnc(NNC(=S)NCCCO)c3s2)c1. The molecule has 0 aliphatic heterocycles. The van der Waals surface area contributed by atoms with Gasteiger partial charge in [-0.2, -0.15) is 0 Å². The third-order valence-electron chi connectivity index (χ3n) is 3.53. The smallest absolute Gasteiger partial charge is 0.185 e. The molecule has 0 aliphatic rings. The molecule has 0 unspecified atom stereocenters. The van der Waals surface area contributed by atoms with E-state index in [1.54, 1.807) is 11.3 Å². The second-order valence-corrected chi connectivity index (χ2v) is 6.96. The number of thiophene rings is 1. The fourth-order valence-electron chi connectivity index (χ4n) is 2.33. The predicted molar refractivity (Wildman–Crippen MR) is 107 cm³/mol. The highest BCUT2D eigenvalue weighted by molar-refractivity contribution is 7.80. The van der Waals surface area contributed by atoms with Gasteiger partial charge in [-0.1, -0.05) is 29.8 Å². The minimum Gasteiger partial charge on any atom is -0.396 e. The number of aryl methyl sites for hydroxylation is 1. The predicted octanol–water partition coefficient (Wildman–Crippen LogP) is 2.84. The first-order valence-electron chi connectivity index (χ1n) is 7.89. The molecule has 2 heterocycles. The third kappa shape index (κ3) is 4.41. The molecule has 0 saturated carbocycles. The number of anilines is 1. The lowest BCUT2D eigenvalue weighted by Crippen LogP contribution is -2.39. The van der Waals surface area contributed by atoms with Crippen molar-refractivity contribution in [1.29, 1.82) is 0 Å². The minimum absolute atomic E-state index is 0.131. The average Bonchev–Trinajstić information content (AvgIpc) is 3.05. The minimum atomic E-state index is 0.131. The molecule has 0 saturated heterocycles. The number of hydrazine groups is 1. The van der Waals surface area contributed by atoms with Crippen LogP contribution in [0.3, 0.4) is 0 Å². The summed E-state index contributed by atoms with van der Waals surface area (Å²) in [6.45, 7) is 2.82. The van der Waals surface area contributed by atoms with Gasteiger partial charge in [-0.3, -0.25) is 10.9 Å². The normalized spacial score (nSPS) is 10.6. The van der Waals surface area contributed by atoms with Crippen LogP contribution >= 0.6 is 23.6 Å². The van der Waals surface area contributed by atoms with E-state index < -0.39 is 0 Å². The van der Waals surface area contributed by atoms with Crippen LogP contribution in [-0.2, 0) is 0 Å². The van der Waals surface area contributed by atoms with E-state index in [1.165, 1.54) is 17.5 Å². The van der Waals surface area contributed by atoms with Gasteiger partial charge in [-0.15, -0.1) is 11.3 Å². The molecule has 2 aromatic heterocycles. The van der Waals surface area contributed by atoms with Gasteiger partial charge in [-0.25, -0.2) is 9.97 Å². The lowest BCUT2D eigenvalue weighted by atomic mass is 10.1. The fourth-order valence-corrected chi connectivity index (χ4v) is 3.53. The Kier molecular flexibility index (Phi) is 5.75. The first kappa shape index (κ1) is 17.5. The maximum atomic E-state index is 8.78. The third-order valence-corrected chi connectivity index (χ3v) is 4.96. The summed E-state index contributed by atoms with van der Waals surface area (Å²) >= 11 is 6.81. The van der Waals surface area contributed by atoms with Crippen molar-refractivity contribution in [2.45, 2.75) is 13.3 Å². The first-order valence-corrected chi connectivity index (χ1v) is 9.12. The molecular formula is C17H19N5OS2. The molecule has 6 nitrogen and oxygen atoms in total. The van der Waals surface area contributed by atoms with Crippen LogP contribution in [0, 0.1) is 6.92 Å². The Bertz CT molecular complexity index is 880. The van der Waals surface area contributed by atoms with E-state index in [1.807, 2.05) is 0 Å². The summed E-state index contributed by atoms with van der Waals surface area (Å²) in [5.74, 6) is 0.681. The maximum Gasteiger partial charge on any atom is 0.185 e. The number of hydrogen-bond acceptors (Lipinski definition) is 6. The highest BCUT2D eigenvalue weighted by atomic mass is 32.1. The molecule has 0 fully saturated rings. The van der Waals surface area contributed by atoms with E-state index >= 15 is 0 Å². The van der Waals surface area contributed by atoms with Crippen molar-refractivity contribution in [2.75, 3.05) is 18.6 Å². The van der Waals surface area contributed by atoms with Crippen LogP contribution < -0.4 is 16.2 Å². The number of hydrogen-bond donors (Lipinski definition) is 4. The first-order chi connectivity index (χ1) is 12.2. The van der Waals surface area contributed by atoms with Gasteiger partial charge in [0.1, 0.15) is 6.33 Å². The number of fused-ring (bicyclic) bond motifs is 1. The van der Waals surface area contributed by atoms with Crippen LogP contribution in [0.4, 0.5) is 5.82 Å². The summed E-state index contributed by atoms with van der Waals surface area (Å²) in [4.78, 5) is 9.80. The van der Waals surface area contributed by atoms with Gasteiger partial charge >= 0.3 is 0 Å². The molecule has 0 bridgehead atoms. The second-order valence-electron chi connectivity index (χ2n) is 5.50. The zero-order valence-electron chi connectivity index (χ0n) is 13.7. The van der Waals surface area contributed by atoms with Gasteiger partial charge in [-0.05, 0) is 37.2 Å². The molecule has 130 valence electrons. The zero-order valence-corrected chi connectivity index (χ0v) is 15.4. The number of nitrogens with zero attached hydrogens (tertiary/aromatic N) is 2. The molecule has 3 rings (SSSR count). The standard InChI is InChI=1S/C17H19N5OS2/c1-11-4-2-5-12(8-11)14-9-13-15(25-14)16(20-10-19-13)21-22-17(24)18-6-3-7-23/h2,4-5,8-10,23H,3,6-7H2,1H3,(H2,18,22,24)(H,19,20,21). The van der Waals surface area contributed by atoms with Gasteiger partial charge < -0.3 is 10.4 Å². The monoisotopic (exact) mass is 373 g/mol. The lowest BCUT2D eigenvalue weighted by Gasteiger charge is -2.11. The number of rotatable bonds is 6. The number of benzene rings is 1. The molecule has 25 heavy (non-hydrogen) atoms. The van der Waals surface area contributed by atoms with Crippen LogP contribution in [0.25, 0.3) is 20.7 Å². The summed E-state index contributed by atoms with van der Waals surface area (Å²) in [7, 11) is 0. The summed E-state index contributed by atoms with van der Waals surface area (Å²) in [5.41, 5.74) is 9.23. The van der Waals surface area contributed by atoms with Gasteiger partial charge in [0.05, 0.1) is 10.2 Å². The summed E-state index contributed by atoms with van der Waals surface area (Å²) in [5, 5.41) is 12.2. The molecule has 0 aliphatic carbocycles. The van der Waals surface area contributed by atoms with Crippen LogP contribution in [0.5, 0.6) is 0 Å². The van der Waals surface area contributed by atoms with E-state index in [4.69, 9.17) is 17.3 Å². The Morgan fingerprint density at radius 2 is 2.16 bits per heavy atom. The van der Waals surface area contributed by atoms with Crippen molar-refractivity contribution >= 4 is 44.7 Å². The summed E-state index contributed by atoms with van der Waals surface area (Å²) in [6.07, 6.45) is 2.17. The fraction of sp³-hybridized carbons (Fsp3) is 0.235. The molecule has 0 spiro atoms. The van der Waals surface area contributed by atoms with Crippen molar-refractivity contribution in [3.63, 3.8) is 0 Å². The quantitative estimate of drug-likeness (QED) is 0.300. The Hall–Kier alpha value is -2.29. The van der Waals surface area contributed by atoms with Gasteiger partial charge in [0, 0.05) is 18.0 Å². The summed E-state index contributed by atoms with van der Waals surface area (Å²) < 4.78 is 0.963. The number of aromatic nitrogens is 2. The van der Waals surface area contributed by atoms with Gasteiger partial charge in [0.2, 0.25) is 0 Å². The average molecular weight is 374 g/mol. The Morgan fingerprint density at radius 3 is 2.96 bits per heavy atom. The van der Waals surface area contributed by atoms with E-state index in [0.717, 1.165) is 15.1 Å². The molecule has 1 aromatic carbocycles. The van der Waals surface area contributed by atoms with E-state index in [9.17, 15) is 0 Å². The highest BCUT2D eigenvalue weighted by Gasteiger charge is 2.10.